The van der Waals surface area contributed by atoms with Crippen LogP contribution in [0, 0.1) is 5.92 Å². The van der Waals surface area contributed by atoms with Crippen LogP contribution < -0.4 is 5.32 Å². The Bertz CT molecular complexity index is 688. The van der Waals surface area contributed by atoms with Crippen LogP contribution in [0.3, 0.4) is 0 Å². The van der Waals surface area contributed by atoms with Gasteiger partial charge in [-0.15, -0.1) is 24.8 Å². The van der Waals surface area contributed by atoms with E-state index in [0.29, 0.717) is 6.54 Å². The molecular weight excluding hydrogens is 387 g/mol. The van der Waals surface area contributed by atoms with Crippen LogP contribution in [0.15, 0.2) is 40.9 Å². The topological polar surface area (TPSA) is 61.6 Å². The first-order valence-corrected chi connectivity index (χ1v) is 8.83. The summed E-state index contributed by atoms with van der Waals surface area (Å²) in [6.07, 6.45) is 1.78. The van der Waals surface area contributed by atoms with Gasteiger partial charge in [-0.3, -0.25) is 9.69 Å². The standard InChI is InChI=1S/C19H26N4O2.2ClH/c1-15(12-20-2)19(24)23-10-8-22(9-11-23)14-18-21-13-17(25-18)16-6-4-3-5-7-16;;/h3-7,13,15,20H,8-12,14H2,1-2H3;2*1H. The monoisotopic (exact) mass is 414 g/mol. The third kappa shape index (κ3) is 6.21. The molecule has 1 aromatic heterocycles. The van der Waals surface area contributed by atoms with Crippen molar-refractivity contribution in [2.24, 2.45) is 5.92 Å². The summed E-state index contributed by atoms with van der Waals surface area (Å²) in [5, 5.41) is 3.07. The van der Waals surface area contributed by atoms with Crippen molar-refractivity contribution in [3.63, 3.8) is 0 Å². The van der Waals surface area contributed by atoms with Crippen LogP contribution in [0.5, 0.6) is 0 Å². The Morgan fingerprint density at radius 2 is 1.85 bits per heavy atom. The van der Waals surface area contributed by atoms with Gasteiger partial charge in [0.2, 0.25) is 11.8 Å². The van der Waals surface area contributed by atoms with Crippen LogP contribution in [-0.4, -0.2) is 60.5 Å². The van der Waals surface area contributed by atoms with Crippen molar-refractivity contribution in [1.29, 1.82) is 0 Å². The minimum Gasteiger partial charge on any atom is -0.439 e. The summed E-state index contributed by atoms with van der Waals surface area (Å²) in [6.45, 7) is 6.60. The average Bonchev–Trinajstić information content (AvgIpc) is 3.11. The predicted octanol–water partition coefficient (Wildman–Crippen LogP) is 2.68. The zero-order valence-electron chi connectivity index (χ0n) is 15.8. The minimum absolute atomic E-state index is 0. The molecule has 1 atom stereocenters. The number of rotatable bonds is 6. The van der Waals surface area contributed by atoms with Crippen LogP contribution in [0.4, 0.5) is 0 Å². The molecule has 1 amide bonds. The summed E-state index contributed by atoms with van der Waals surface area (Å²) in [5.41, 5.74) is 1.04. The van der Waals surface area contributed by atoms with E-state index in [1.54, 1.807) is 6.20 Å². The van der Waals surface area contributed by atoms with Gasteiger partial charge in [0.25, 0.3) is 0 Å². The molecular formula is C19H28Cl2N4O2. The smallest absolute Gasteiger partial charge is 0.226 e. The third-order valence-corrected chi connectivity index (χ3v) is 4.59. The van der Waals surface area contributed by atoms with Crippen molar-refractivity contribution < 1.29 is 9.21 Å². The zero-order chi connectivity index (χ0) is 17.6. The summed E-state index contributed by atoms with van der Waals surface area (Å²) >= 11 is 0. The number of halogens is 2. The molecule has 1 aliphatic rings. The zero-order valence-corrected chi connectivity index (χ0v) is 17.4. The number of benzene rings is 1. The van der Waals surface area contributed by atoms with E-state index in [1.165, 1.54) is 0 Å². The number of carbonyl (C=O) groups excluding carboxylic acids is 1. The number of nitrogens with one attached hydrogen (secondary N) is 1. The number of carbonyl (C=O) groups is 1. The molecule has 1 unspecified atom stereocenters. The van der Waals surface area contributed by atoms with Crippen molar-refractivity contribution in [3.05, 3.63) is 42.4 Å². The number of oxazole rings is 1. The lowest BCUT2D eigenvalue weighted by molar-refractivity contribution is -0.136. The maximum Gasteiger partial charge on any atom is 0.226 e. The van der Waals surface area contributed by atoms with Crippen LogP contribution in [0.25, 0.3) is 11.3 Å². The average molecular weight is 415 g/mol. The Balaban J connectivity index is 0.00000182. The lowest BCUT2D eigenvalue weighted by Crippen LogP contribution is -2.50. The van der Waals surface area contributed by atoms with Crippen molar-refractivity contribution in [1.82, 2.24) is 20.1 Å². The largest absolute Gasteiger partial charge is 0.439 e. The second-order valence-corrected chi connectivity index (χ2v) is 6.54. The fourth-order valence-corrected chi connectivity index (χ4v) is 3.14. The lowest BCUT2D eigenvalue weighted by Gasteiger charge is -2.35. The Kier molecular flexibility index (Phi) is 9.80. The summed E-state index contributed by atoms with van der Waals surface area (Å²) in [7, 11) is 1.88. The van der Waals surface area contributed by atoms with Gasteiger partial charge in [-0.05, 0) is 7.05 Å². The van der Waals surface area contributed by atoms with E-state index in [9.17, 15) is 4.79 Å². The highest BCUT2D eigenvalue weighted by Gasteiger charge is 2.25. The molecule has 3 rings (SSSR count). The van der Waals surface area contributed by atoms with Gasteiger partial charge in [0.1, 0.15) is 0 Å². The van der Waals surface area contributed by atoms with Crippen molar-refractivity contribution in [3.8, 4) is 11.3 Å². The number of aromatic nitrogens is 1. The second kappa shape index (κ2) is 11.3. The van der Waals surface area contributed by atoms with Gasteiger partial charge in [0.15, 0.2) is 5.76 Å². The minimum atomic E-state index is 0. The normalized spacial score (nSPS) is 15.6. The first-order chi connectivity index (χ1) is 12.2. The number of amides is 1. The molecule has 150 valence electrons. The molecule has 0 aliphatic carbocycles. The lowest BCUT2D eigenvalue weighted by atomic mass is 10.1. The Morgan fingerprint density at radius 1 is 1.19 bits per heavy atom. The van der Waals surface area contributed by atoms with Crippen molar-refractivity contribution >= 4 is 30.7 Å². The third-order valence-electron chi connectivity index (χ3n) is 4.59. The molecule has 0 bridgehead atoms. The Morgan fingerprint density at radius 3 is 2.48 bits per heavy atom. The molecule has 1 saturated heterocycles. The molecule has 1 N–H and O–H groups in total. The van der Waals surface area contributed by atoms with Gasteiger partial charge < -0.3 is 14.6 Å². The summed E-state index contributed by atoms with van der Waals surface area (Å²) in [4.78, 5) is 21.0. The molecule has 27 heavy (non-hydrogen) atoms. The highest BCUT2D eigenvalue weighted by atomic mass is 35.5. The molecule has 1 fully saturated rings. The van der Waals surface area contributed by atoms with Gasteiger partial charge >= 0.3 is 0 Å². The fourth-order valence-electron chi connectivity index (χ4n) is 3.14. The van der Waals surface area contributed by atoms with E-state index in [0.717, 1.165) is 49.9 Å². The maximum absolute atomic E-state index is 12.3. The van der Waals surface area contributed by atoms with E-state index in [-0.39, 0.29) is 36.6 Å². The number of hydrogen-bond donors (Lipinski definition) is 1. The summed E-state index contributed by atoms with van der Waals surface area (Å²) in [5.74, 6) is 1.78. The highest BCUT2D eigenvalue weighted by molar-refractivity contribution is 5.85. The summed E-state index contributed by atoms with van der Waals surface area (Å²) < 4.78 is 5.88. The van der Waals surface area contributed by atoms with Gasteiger partial charge in [-0.2, -0.15) is 0 Å². The van der Waals surface area contributed by atoms with E-state index in [4.69, 9.17) is 4.42 Å². The van der Waals surface area contributed by atoms with Crippen LogP contribution >= 0.6 is 24.8 Å². The molecule has 1 aromatic carbocycles. The first kappa shape index (κ1) is 23.4. The van der Waals surface area contributed by atoms with Crippen LogP contribution in [0.2, 0.25) is 0 Å². The number of piperazine rings is 1. The van der Waals surface area contributed by atoms with E-state index < -0.39 is 0 Å². The van der Waals surface area contributed by atoms with Gasteiger partial charge in [0, 0.05) is 44.2 Å². The number of hydrogen-bond acceptors (Lipinski definition) is 5. The van der Waals surface area contributed by atoms with E-state index in [1.807, 2.05) is 49.2 Å². The van der Waals surface area contributed by atoms with E-state index >= 15 is 0 Å². The summed E-state index contributed by atoms with van der Waals surface area (Å²) in [6, 6.07) is 9.99. The van der Waals surface area contributed by atoms with Gasteiger partial charge in [-0.1, -0.05) is 37.3 Å². The molecule has 8 heteroatoms. The predicted molar refractivity (Wildman–Crippen MR) is 111 cm³/mol. The SMILES string of the molecule is CNCC(C)C(=O)N1CCN(Cc2ncc(-c3ccccc3)o2)CC1.Cl.Cl. The second-order valence-electron chi connectivity index (χ2n) is 6.54. The Hall–Kier alpha value is -1.60. The highest BCUT2D eigenvalue weighted by Crippen LogP contribution is 2.20. The number of nitrogens with zero attached hydrogens (tertiary/aromatic N) is 3. The van der Waals surface area contributed by atoms with Crippen LogP contribution in [-0.2, 0) is 11.3 Å². The Labute approximate surface area is 173 Å². The van der Waals surface area contributed by atoms with Crippen LogP contribution in [0.1, 0.15) is 12.8 Å². The molecule has 2 heterocycles. The fraction of sp³-hybridized carbons (Fsp3) is 0.474. The molecule has 2 aromatic rings. The van der Waals surface area contributed by atoms with Gasteiger partial charge in [0.05, 0.1) is 12.7 Å². The molecule has 1 aliphatic heterocycles. The van der Waals surface area contributed by atoms with Crippen molar-refractivity contribution in [2.75, 3.05) is 39.8 Å². The molecule has 6 nitrogen and oxygen atoms in total. The van der Waals surface area contributed by atoms with Gasteiger partial charge in [-0.25, -0.2) is 4.98 Å². The van der Waals surface area contributed by atoms with E-state index in [2.05, 4.69) is 15.2 Å². The van der Waals surface area contributed by atoms with Crippen molar-refractivity contribution in [2.45, 2.75) is 13.5 Å². The quantitative estimate of drug-likeness (QED) is 0.786. The molecule has 0 radical (unpaired) electrons. The molecule has 0 saturated carbocycles. The molecule has 0 spiro atoms. The maximum atomic E-state index is 12.3. The first-order valence-electron chi connectivity index (χ1n) is 8.83.